The summed E-state index contributed by atoms with van der Waals surface area (Å²) in [4.78, 5) is 12.2. The van der Waals surface area contributed by atoms with Crippen molar-refractivity contribution in [2.75, 3.05) is 13.2 Å². The van der Waals surface area contributed by atoms with Gasteiger partial charge in [-0.05, 0) is 31.0 Å². The van der Waals surface area contributed by atoms with Crippen LogP contribution in [0.15, 0.2) is 30.5 Å². The number of ether oxygens (including phenoxy) is 2. The molecular formula is C35H60O4. The largest absolute Gasteiger partial charge is 0.515 e. The second-order valence-electron chi connectivity index (χ2n) is 11.1. The van der Waals surface area contributed by atoms with Crippen LogP contribution in [0.1, 0.15) is 165 Å². The number of aliphatic hydroxyl groups excluding tert-OH is 1. The van der Waals surface area contributed by atoms with E-state index in [-0.39, 0.29) is 5.78 Å². The van der Waals surface area contributed by atoms with Crippen molar-refractivity contribution in [2.24, 2.45) is 0 Å². The van der Waals surface area contributed by atoms with Gasteiger partial charge < -0.3 is 14.6 Å². The van der Waals surface area contributed by atoms with Crippen LogP contribution in [0.3, 0.4) is 0 Å². The summed E-state index contributed by atoms with van der Waals surface area (Å²) in [6.45, 7) is 5.81. The molecule has 0 atom stereocenters. The Hall–Kier alpha value is -1.97. The minimum Gasteiger partial charge on any atom is -0.515 e. The third kappa shape index (κ3) is 19.7. The Morgan fingerprint density at radius 2 is 0.974 bits per heavy atom. The molecule has 0 saturated heterocycles. The maximum atomic E-state index is 12.2. The van der Waals surface area contributed by atoms with Crippen molar-refractivity contribution in [3.05, 3.63) is 36.1 Å². The van der Waals surface area contributed by atoms with Gasteiger partial charge in [-0.2, -0.15) is 0 Å². The Labute approximate surface area is 241 Å². The highest BCUT2D eigenvalue weighted by Crippen LogP contribution is 2.29. The van der Waals surface area contributed by atoms with Gasteiger partial charge in [0, 0.05) is 11.6 Å². The van der Waals surface area contributed by atoms with E-state index in [1.165, 1.54) is 122 Å². The molecule has 4 nitrogen and oxygen atoms in total. The fourth-order valence-corrected chi connectivity index (χ4v) is 4.95. The lowest BCUT2D eigenvalue weighted by Crippen LogP contribution is -2.04. The van der Waals surface area contributed by atoms with Gasteiger partial charge >= 0.3 is 0 Å². The number of rotatable bonds is 28. The molecule has 1 N–H and O–H groups in total. The van der Waals surface area contributed by atoms with Crippen LogP contribution < -0.4 is 9.47 Å². The van der Waals surface area contributed by atoms with Gasteiger partial charge in [-0.3, -0.25) is 4.79 Å². The third-order valence-electron chi connectivity index (χ3n) is 7.47. The first-order valence-electron chi connectivity index (χ1n) is 16.5. The molecule has 0 aliphatic heterocycles. The average Bonchev–Trinajstić information content (AvgIpc) is 2.94. The molecule has 0 spiro atoms. The summed E-state index contributed by atoms with van der Waals surface area (Å²) < 4.78 is 12.1. The minimum absolute atomic E-state index is 0.242. The van der Waals surface area contributed by atoms with Crippen LogP contribution in [-0.4, -0.2) is 24.1 Å². The summed E-state index contributed by atoms with van der Waals surface area (Å²) in [5.74, 6) is 1.09. The fraction of sp³-hybridized carbons (Fsp3) is 0.743. The SMILES string of the molecule is CCCCCCCCCCCCCCCCOc1cc(C(=O)/C=C/O)ccc1OCCCCCCCCCC. The van der Waals surface area contributed by atoms with Crippen LogP contribution in [-0.2, 0) is 0 Å². The summed E-state index contributed by atoms with van der Waals surface area (Å²) in [6.07, 6.45) is 30.7. The molecule has 0 radical (unpaired) electrons. The number of hydrogen-bond donors (Lipinski definition) is 1. The molecule has 39 heavy (non-hydrogen) atoms. The van der Waals surface area contributed by atoms with Crippen LogP contribution in [0.5, 0.6) is 11.5 Å². The zero-order chi connectivity index (χ0) is 28.2. The number of unbranched alkanes of at least 4 members (excludes halogenated alkanes) is 20. The Kier molecular flexibility index (Phi) is 23.6. The van der Waals surface area contributed by atoms with E-state index in [1.54, 1.807) is 12.1 Å². The lowest BCUT2D eigenvalue weighted by atomic mass is 10.0. The van der Waals surface area contributed by atoms with E-state index in [9.17, 15) is 4.79 Å². The van der Waals surface area contributed by atoms with Crippen LogP contribution in [0.2, 0.25) is 0 Å². The molecule has 0 bridgehead atoms. The number of aliphatic hydroxyl groups is 1. The molecule has 0 aliphatic carbocycles. The molecule has 1 aromatic rings. The lowest BCUT2D eigenvalue weighted by molar-refractivity contribution is 0.104. The van der Waals surface area contributed by atoms with Crippen molar-refractivity contribution in [1.29, 1.82) is 0 Å². The smallest absolute Gasteiger partial charge is 0.189 e. The number of benzene rings is 1. The molecule has 0 unspecified atom stereocenters. The predicted molar refractivity (Wildman–Crippen MR) is 166 cm³/mol. The molecule has 224 valence electrons. The van der Waals surface area contributed by atoms with Gasteiger partial charge in [0.15, 0.2) is 17.3 Å². The first-order valence-corrected chi connectivity index (χ1v) is 16.5. The molecule has 0 aliphatic rings. The van der Waals surface area contributed by atoms with E-state index in [2.05, 4.69) is 13.8 Å². The topological polar surface area (TPSA) is 55.8 Å². The van der Waals surface area contributed by atoms with Crippen molar-refractivity contribution in [3.63, 3.8) is 0 Å². The van der Waals surface area contributed by atoms with Gasteiger partial charge in [-0.25, -0.2) is 0 Å². The monoisotopic (exact) mass is 544 g/mol. The molecule has 1 rings (SSSR count). The molecule has 0 amide bonds. The molecule has 0 aromatic heterocycles. The Balaban J connectivity index is 2.26. The Bertz CT molecular complexity index is 727. The van der Waals surface area contributed by atoms with Gasteiger partial charge in [0.1, 0.15) is 0 Å². The maximum Gasteiger partial charge on any atom is 0.189 e. The molecule has 4 heteroatoms. The Morgan fingerprint density at radius 3 is 1.38 bits per heavy atom. The molecular weight excluding hydrogens is 484 g/mol. The summed E-state index contributed by atoms with van der Waals surface area (Å²) in [6, 6.07) is 5.31. The van der Waals surface area contributed by atoms with E-state index in [0.29, 0.717) is 30.3 Å². The normalized spacial score (nSPS) is 11.3. The van der Waals surface area contributed by atoms with Crippen LogP contribution in [0.25, 0.3) is 0 Å². The van der Waals surface area contributed by atoms with E-state index in [0.717, 1.165) is 31.6 Å². The third-order valence-corrected chi connectivity index (χ3v) is 7.47. The zero-order valence-electron chi connectivity index (χ0n) is 25.5. The molecule has 0 heterocycles. The number of carbonyl (C=O) groups excluding carboxylic acids is 1. The summed E-state index contributed by atoms with van der Waals surface area (Å²) >= 11 is 0. The molecule has 1 aromatic carbocycles. The van der Waals surface area contributed by atoms with Gasteiger partial charge in [0.25, 0.3) is 0 Å². The van der Waals surface area contributed by atoms with E-state index in [4.69, 9.17) is 14.6 Å². The quantitative estimate of drug-likeness (QED) is 0.0493. The van der Waals surface area contributed by atoms with Crippen molar-refractivity contribution in [2.45, 2.75) is 155 Å². The summed E-state index contributed by atoms with van der Waals surface area (Å²) in [7, 11) is 0. The van der Waals surface area contributed by atoms with Crippen LogP contribution >= 0.6 is 0 Å². The maximum absolute atomic E-state index is 12.2. The zero-order valence-corrected chi connectivity index (χ0v) is 25.5. The average molecular weight is 545 g/mol. The number of ketones is 1. The summed E-state index contributed by atoms with van der Waals surface area (Å²) in [5.41, 5.74) is 0.496. The van der Waals surface area contributed by atoms with Gasteiger partial charge in [0.05, 0.1) is 19.5 Å². The summed E-state index contributed by atoms with van der Waals surface area (Å²) in [5, 5.41) is 8.96. The standard InChI is InChI=1S/C35H60O4/c1-3-5-7-9-11-13-14-15-16-17-18-20-22-24-30-39-35-31-32(33(37)27-28-36)25-26-34(35)38-29-23-21-19-12-10-8-6-4-2/h25-28,31,36H,3-24,29-30H2,1-2H3/b28-27+. The highest BCUT2D eigenvalue weighted by Gasteiger charge is 2.11. The number of carbonyl (C=O) groups is 1. The lowest BCUT2D eigenvalue weighted by Gasteiger charge is -2.14. The van der Waals surface area contributed by atoms with Gasteiger partial charge in [-0.15, -0.1) is 0 Å². The van der Waals surface area contributed by atoms with Crippen molar-refractivity contribution in [1.82, 2.24) is 0 Å². The van der Waals surface area contributed by atoms with Crippen molar-refractivity contribution in [3.8, 4) is 11.5 Å². The van der Waals surface area contributed by atoms with Crippen molar-refractivity contribution >= 4 is 5.78 Å². The fourth-order valence-electron chi connectivity index (χ4n) is 4.95. The predicted octanol–water partition coefficient (Wildman–Crippen LogP) is 11.3. The highest BCUT2D eigenvalue weighted by atomic mass is 16.5. The Morgan fingerprint density at radius 1 is 0.590 bits per heavy atom. The second kappa shape index (κ2) is 26.3. The molecule has 0 saturated carbocycles. The van der Waals surface area contributed by atoms with E-state index < -0.39 is 0 Å². The van der Waals surface area contributed by atoms with Gasteiger partial charge in [0.2, 0.25) is 0 Å². The van der Waals surface area contributed by atoms with Gasteiger partial charge in [-0.1, -0.05) is 142 Å². The first-order chi connectivity index (χ1) is 19.2. The van der Waals surface area contributed by atoms with Crippen LogP contribution in [0.4, 0.5) is 0 Å². The second-order valence-corrected chi connectivity index (χ2v) is 11.1. The minimum atomic E-state index is -0.242. The highest BCUT2D eigenvalue weighted by molar-refractivity contribution is 6.04. The number of hydrogen-bond acceptors (Lipinski definition) is 4. The van der Waals surface area contributed by atoms with E-state index in [1.807, 2.05) is 6.07 Å². The first kappa shape index (κ1) is 35.1. The molecule has 0 fully saturated rings. The number of allylic oxidation sites excluding steroid dienone is 1. The van der Waals surface area contributed by atoms with Crippen LogP contribution in [0, 0.1) is 0 Å². The van der Waals surface area contributed by atoms with E-state index >= 15 is 0 Å². The van der Waals surface area contributed by atoms with Crippen molar-refractivity contribution < 1.29 is 19.4 Å².